The number of sulfone groups is 1. The number of anilines is 1. The lowest BCUT2D eigenvalue weighted by atomic mass is 9.98. The smallest absolute Gasteiger partial charge is 0.243 e. The number of nitrogens with zero attached hydrogens (tertiary/aromatic N) is 1. The van der Waals surface area contributed by atoms with E-state index >= 15 is 0 Å². The van der Waals surface area contributed by atoms with Crippen molar-refractivity contribution in [3.05, 3.63) is 89.0 Å². The van der Waals surface area contributed by atoms with Gasteiger partial charge < -0.3 is 15.0 Å². The van der Waals surface area contributed by atoms with Gasteiger partial charge in [0, 0.05) is 12.2 Å². The molecule has 1 atom stereocenters. The van der Waals surface area contributed by atoms with E-state index in [0.717, 1.165) is 47.5 Å². The van der Waals surface area contributed by atoms with Crippen LogP contribution in [-0.4, -0.2) is 39.9 Å². The fraction of sp³-hybridized carbons (Fsp3) is 0.321. The maximum absolute atomic E-state index is 13.1. The van der Waals surface area contributed by atoms with E-state index in [1.807, 2.05) is 37.3 Å². The quantitative estimate of drug-likeness (QED) is 0.504. The summed E-state index contributed by atoms with van der Waals surface area (Å²) in [7, 11) is -1.94. The minimum Gasteiger partial charge on any atom is -0.497 e. The highest BCUT2D eigenvalue weighted by atomic mass is 32.2. The fourth-order valence-corrected chi connectivity index (χ4v) is 5.63. The molecule has 0 aromatic heterocycles. The van der Waals surface area contributed by atoms with Crippen LogP contribution in [0.5, 0.6) is 5.75 Å². The molecule has 1 amide bonds. The van der Waals surface area contributed by atoms with Gasteiger partial charge in [-0.2, -0.15) is 0 Å². The Bertz CT molecular complexity index is 1300. The minimum absolute atomic E-state index is 0.215. The molecule has 0 spiro atoms. The van der Waals surface area contributed by atoms with Gasteiger partial charge in [0.2, 0.25) is 5.91 Å². The average molecular weight is 493 g/mol. The van der Waals surface area contributed by atoms with Crippen LogP contribution >= 0.6 is 0 Å². The van der Waals surface area contributed by atoms with Crippen LogP contribution in [0, 0.1) is 13.8 Å². The van der Waals surface area contributed by atoms with Gasteiger partial charge >= 0.3 is 0 Å². The molecule has 0 radical (unpaired) electrons. The van der Waals surface area contributed by atoms with Crippen molar-refractivity contribution < 1.29 is 17.9 Å². The summed E-state index contributed by atoms with van der Waals surface area (Å²) in [6, 6.07) is 20.5. The normalized spacial score (nSPS) is 15.7. The summed E-state index contributed by atoms with van der Waals surface area (Å²) in [6.45, 7) is 4.73. The zero-order valence-corrected chi connectivity index (χ0v) is 21.3. The van der Waals surface area contributed by atoms with Gasteiger partial charge in [0.05, 0.1) is 12.0 Å². The average Bonchev–Trinajstić information content (AvgIpc) is 3.34. The first kappa shape index (κ1) is 24.8. The number of hydrogen-bond donors (Lipinski definition) is 1. The molecule has 3 aromatic rings. The van der Waals surface area contributed by atoms with Crippen molar-refractivity contribution >= 4 is 21.4 Å². The molecule has 1 aliphatic heterocycles. The van der Waals surface area contributed by atoms with Gasteiger partial charge in [0.15, 0.2) is 9.84 Å². The molecule has 0 aliphatic carbocycles. The number of carbonyl (C=O) groups is 1. The predicted molar refractivity (Wildman–Crippen MR) is 139 cm³/mol. The van der Waals surface area contributed by atoms with Crippen molar-refractivity contribution in [2.75, 3.05) is 24.4 Å². The third-order valence-corrected chi connectivity index (χ3v) is 8.12. The Morgan fingerprint density at radius 3 is 2.49 bits per heavy atom. The monoisotopic (exact) mass is 492 g/mol. The van der Waals surface area contributed by atoms with Crippen LogP contribution in [-0.2, 0) is 21.1 Å². The molecule has 1 fully saturated rings. The molecule has 6 nitrogen and oxygen atoms in total. The Kier molecular flexibility index (Phi) is 7.45. The van der Waals surface area contributed by atoms with Gasteiger partial charge in [-0.05, 0) is 80.1 Å². The van der Waals surface area contributed by atoms with Crippen LogP contribution < -0.4 is 15.0 Å². The SMILES string of the molecule is COc1ccc(Cc2ccccc2N2CCCC2C(=O)NCS(=O)(=O)c2ccc(C)cc2)c(C)c1. The number of rotatable bonds is 8. The lowest BCUT2D eigenvalue weighted by Crippen LogP contribution is -2.45. The minimum atomic E-state index is -3.60. The Labute approximate surface area is 207 Å². The van der Waals surface area contributed by atoms with Crippen LogP contribution in [0.2, 0.25) is 0 Å². The molecule has 1 unspecified atom stereocenters. The highest BCUT2D eigenvalue weighted by Crippen LogP contribution is 2.31. The number of hydrogen-bond acceptors (Lipinski definition) is 5. The maximum atomic E-state index is 13.1. The Balaban J connectivity index is 1.50. The molecule has 4 rings (SSSR count). The van der Waals surface area contributed by atoms with Crippen LogP contribution in [0.4, 0.5) is 5.69 Å². The molecule has 3 aromatic carbocycles. The summed E-state index contributed by atoms with van der Waals surface area (Å²) < 4.78 is 30.8. The first-order chi connectivity index (χ1) is 16.8. The largest absolute Gasteiger partial charge is 0.497 e. The second-order valence-corrected chi connectivity index (χ2v) is 11.1. The van der Waals surface area contributed by atoms with E-state index in [1.165, 1.54) is 5.56 Å². The molecule has 1 heterocycles. The predicted octanol–water partition coefficient (Wildman–Crippen LogP) is 4.42. The number of amides is 1. The molecule has 0 bridgehead atoms. The van der Waals surface area contributed by atoms with Gasteiger partial charge in [-0.25, -0.2) is 8.42 Å². The molecular weight excluding hydrogens is 460 g/mol. The Morgan fingerprint density at radius 2 is 1.77 bits per heavy atom. The first-order valence-electron chi connectivity index (χ1n) is 11.8. The second-order valence-electron chi connectivity index (χ2n) is 9.06. The van der Waals surface area contributed by atoms with E-state index in [2.05, 4.69) is 29.3 Å². The highest BCUT2D eigenvalue weighted by Gasteiger charge is 2.32. The van der Waals surface area contributed by atoms with Crippen LogP contribution in [0.15, 0.2) is 71.6 Å². The van der Waals surface area contributed by atoms with Gasteiger partial charge in [-0.15, -0.1) is 0 Å². The summed E-state index contributed by atoms with van der Waals surface area (Å²) in [6.07, 6.45) is 2.30. The number of para-hydroxylation sites is 1. The number of nitrogens with one attached hydrogen (secondary N) is 1. The van der Waals surface area contributed by atoms with Gasteiger partial charge in [0.25, 0.3) is 0 Å². The second kappa shape index (κ2) is 10.5. The van der Waals surface area contributed by atoms with E-state index in [9.17, 15) is 13.2 Å². The summed E-state index contributed by atoms with van der Waals surface area (Å²) in [5, 5.41) is 2.69. The van der Waals surface area contributed by atoms with E-state index in [4.69, 9.17) is 4.74 Å². The van der Waals surface area contributed by atoms with Crippen molar-refractivity contribution in [2.45, 2.75) is 44.0 Å². The lowest BCUT2D eigenvalue weighted by molar-refractivity contribution is -0.121. The summed E-state index contributed by atoms with van der Waals surface area (Å²) in [5.74, 6) is 0.163. The molecule has 0 saturated carbocycles. The molecule has 1 N–H and O–H groups in total. The lowest BCUT2D eigenvalue weighted by Gasteiger charge is -2.28. The number of carbonyl (C=O) groups excluding carboxylic acids is 1. The van der Waals surface area contributed by atoms with Crippen LogP contribution in [0.1, 0.15) is 35.1 Å². The molecular formula is C28H32N2O4S. The Hall–Kier alpha value is -3.32. The standard InChI is InChI=1S/C28H32N2O4S/c1-20-10-14-25(15-11-20)35(32,33)19-29-28(31)27-9-6-16-30(27)26-8-5-4-7-23(26)18-22-12-13-24(34-3)17-21(22)2/h4-5,7-8,10-15,17,27H,6,9,16,18-19H2,1-3H3,(H,29,31). The zero-order chi connectivity index (χ0) is 25.0. The molecule has 7 heteroatoms. The number of ether oxygens (including phenoxy) is 1. The number of benzene rings is 3. The molecule has 1 saturated heterocycles. The first-order valence-corrected chi connectivity index (χ1v) is 13.5. The van der Waals surface area contributed by atoms with Crippen molar-refractivity contribution in [2.24, 2.45) is 0 Å². The maximum Gasteiger partial charge on any atom is 0.243 e. The highest BCUT2D eigenvalue weighted by molar-refractivity contribution is 7.91. The van der Waals surface area contributed by atoms with E-state index < -0.39 is 21.8 Å². The Morgan fingerprint density at radius 1 is 1.03 bits per heavy atom. The van der Waals surface area contributed by atoms with E-state index in [0.29, 0.717) is 6.42 Å². The third-order valence-electron chi connectivity index (χ3n) is 6.60. The van der Waals surface area contributed by atoms with Gasteiger partial charge in [-0.3, -0.25) is 4.79 Å². The topological polar surface area (TPSA) is 75.7 Å². The molecule has 1 aliphatic rings. The summed E-state index contributed by atoms with van der Waals surface area (Å²) in [5.41, 5.74) is 5.48. The van der Waals surface area contributed by atoms with Crippen LogP contribution in [0.3, 0.4) is 0 Å². The van der Waals surface area contributed by atoms with E-state index in [-0.39, 0.29) is 10.8 Å². The fourth-order valence-electron chi connectivity index (χ4n) is 4.58. The molecule has 184 valence electrons. The molecule has 35 heavy (non-hydrogen) atoms. The van der Waals surface area contributed by atoms with Gasteiger partial charge in [0.1, 0.15) is 17.7 Å². The number of methoxy groups -OCH3 is 1. The zero-order valence-electron chi connectivity index (χ0n) is 20.5. The van der Waals surface area contributed by atoms with Crippen molar-refractivity contribution in [1.82, 2.24) is 5.32 Å². The number of aryl methyl sites for hydroxylation is 2. The van der Waals surface area contributed by atoms with Gasteiger partial charge in [-0.1, -0.05) is 42.0 Å². The van der Waals surface area contributed by atoms with Crippen molar-refractivity contribution in [1.29, 1.82) is 0 Å². The summed E-state index contributed by atoms with van der Waals surface area (Å²) >= 11 is 0. The van der Waals surface area contributed by atoms with Crippen LogP contribution in [0.25, 0.3) is 0 Å². The third kappa shape index (κ3) is 5.68. The van der Waals surface area contributed by atoms with E-state index in [1.54, 1.807) is 31.4 Å². The summed E-state index contributed by atoms with van der Waals surface area (Å²) in [4.78, 5) is 15.5. The van der Waals surface area contributed by atoms with Crippen molar-refractivity contribution in [3.63, 3.8) is 0 Å². The van der Waals surface area contributed by atoms with Crippen molar-refractivity contribution in [3.8, 4) is 5.75 Å².